The van der Waals surface area contributed by atoms with Crippen LogP contribution in [0.25, 0.3) is 0 Å². The van der Waals surface area contributed by atoms with Crippen molar-refractivity contribution in [1.82, 2.24) is 0 Å². The van der Waals surface area contributed by atoms with E-state index in [1.54, 1.807) is 18.2 Å². The van der Waals surface area contributed by atoms with E-state index < -0.39 is 57.4 Å². The zero-order valence-corrected chi connectivity index (χ0v) is 15.5. The second kappa shape index (κ2) is 7.98. The highest BCUT2D eigenvalue weighted by Crippen LogP contribution is 2.25. The van der Waals surface area contributed by atoms with Crippen molar-refractivity contribution in [2.24, 2.45) is 0 Å². The standard InChI is InChI=1S/C14H18O10S2/c1-25(17,18)23-11-10(22-13(15)9-6-4-3-5-7-9)8-21-14(16)12(11)24-26(2,19)20/h3-7,10-12,14,16H,8H2,1-2H3/t10-,11+,12+,14-/m0/s1. The lowest BCUT2D eigenvalue weighted by molar-refractivity contribution is -0.237. The van der Waals surface area contributed by atoms with Crippen molar-refractivity contribution >= 4 is 26.2 Å². The zero-order chi connectivity index (χ0) is 19.5. The van der Waals surface area contributed by atoms with E-state index in [4.69, 9.17) is 13.7 Å². The summed E-state index contributed by atoms with van der Waals surface area (Å²) in [5.74, 6) is -0.809. The largest absolute Gasteiger partial charge is 0.453 e. The Hall–Kier alpha value is -1.57. The summed E-state index contributed by atoms with van der Waals surface area (Å²) in [4.78, 5) is 12.2. The van der Waals surface area contributed by atoms with Gasteiger partial charge in [0.05, 0.1) is 24.7 Å². The van der Waals surface area contributed by atoms with Crippen molar-refractivity contribution in [2.75, 3.05) is 19.1 Å². The fourth-order valence-electron chi connectivity index (χ4n) is 2.26. The molecule has 0 aliphatic carbocycles. The number of carbonyl (C=O) groups excluding carboxylic acids is 1. The Morgan fingerprint density at radius 1 is 1.04 bits per heavy atom. The molecule has 0 radical (unpaired) electrons. The van der Waals surface area contributed by atoms with Gasteiger partial charge in [-0.1, -0.05) is 18.2 Å². The van der Waals surface area contributed by atoms with Gasteiger partial charge >= 0.3 is 5.97 Å². The minimum Gasteiger partial charge on any atom is -0.453 e. The van der Waals surface area contributed by atoms with Crippen molar-refractivity contribution in [3.05, 3.63) is 35.9 Å². The lowest BCUT2D eigenvalue weighted by Gasteiger charge is -2.38. The molecule has 12 heteroatoms. The van der Waals surface area contributed by atoms with Crippen LogP contribution in [0.15, 0.2) is 30.3 Å². The highest BCUT2D eigenvalue weighted by Gasteiger charge is 2.47. The maximum Gasteiger partial charge on any atom is 0.338 e. The third-order valence-electron chi connectivity index (χ3n) is 3.24. The molecule has 1 heterocycles. The lowest BCUT2D eigenvalue weighted by Crippen LogP contribution is -2.57. The Bertz CT molecular complexity index is 834. The van der Waals surface area contributed by atoms with Gasteiger partial charge in [0.1, 0.15) is 6.10 Å². The van der Waals surface area contributed by atoms with E-state index in [-0.39, 0.29) is 5.56 Å². The predicted octanol–water partition coefficient (Wildman–Crippen LogP) is -0.750. The van der Waals surface area contributed by atoms with Gasteiger partial charge in [0, 0.05) is 0 Å². The molecule has 146 valence electrons. The Labute approximate surface area is 150 Å². The summed E-state index contributed by atoms with van der Waals surface area (Å²) in [6, 6.07) is 7.81. The number of esters is 1. The molecule has 26 heavy (non-hydrogen) atoms. The number of hydrogen-bond donors (Lipinski definition) is 1. The highest BCUT2D eigenvalue weighted by molar-refractivity contribution is 7.86. The van der Waals surface area contributed by atoms with E-state index in [0.29, 0.717) is 6.26 Å². The van der Waals surface area contributed by atoms with Crippen LogP contribution in [0.3, 0.4) is 0 Å². The van der Waals surface area contributed by atoms with Crippen LogP contribution in [0.5, 0.6) is 0 Å². The molecular weight excluding hydrogens is 392 g/mol. The van der Waals surface area contributed by atoms with Crippen molar-refractivity contribution in [2.45, 2.75) is 24.6 Å². The van der Waals surface area contributed by atoms with E-state index in [0.717, 1.165) is 6.26 Å². The molecule has 1 aromatic rings. The fraction of sp³-hybridized carbons (Fsp3) is 0.500. The van der Waals surface area contributed by atoms with E-state index >= 15 is 0 Å². The third-order valence-corrected chi connectivity index (χ3v) is 4.39. The summed E-state index contributed by atoms with van der Waals surface area (Å²) < 4.78 is 65.5. The molecule has 0 aromatic heterocycles. The number of benzene rings is 1. The molecule has 0 unspecified atom stereocenters. The van der Waals surface area contributed by atoms with Crippen LogP contribution < -0.4 is 0 Å². The SMILES string of the molecule is CS(=O)(=O)O[C@@H]1[C@H](OS(C)(=O)=O)[C@@H](OC(=O)c2ccccc2)CO[C@@H]1O. The molecule has 1 aliphatic heterocycles. The number of rotatable bonds is 6. The van der Waals surface area contributed by atoms with Gasteiger partial charge in [0.15, 0.2) is 18.5 Å². The van der Waals surface area contributed by atoms with Gasteiger partial charge in [0.2, 0.25) is 0 Å². The first-order chi connectivity index (χ1) is 12.0. The smallest absolute Gasteiger partial charge is 0.338 e. The first-order valence-corrected chi connectivity index (χ1v) is 10.9. The minimum absolute atomic E-state index is 0.178. The maximum atomic E-state index is 12.2. The van der Waals surface area contributed by atoms with Crippen LogP contribution in [-0.4, -0.2) is 71.6 Å². The summed E-state index contributed by atoms with van der Waals surface area (Å²) in [5.41, 5.74) is 0.178. The fourth-order valence-corrected chi connectivity index (χ4v) is 3.51. The second-order valence-electron chi connectivity index (χ2n) is 5.56. The first kappa shape index (κ1) is 20.7. The Morgan fingerprint density at radius 3 is 2.12 bits per heavy atom. The van der Waals surface area contributed by atoms with Crippen molar-refractivity contribution < 1.29 is 44.6 Å². The number of aliphatic hydroxyl groups is 1. The molecule has 1 aromatic carbocycles. The molecule has 10 nitrogen and oxygen atoms in total. The molecule has 1 aliphatic rings. The number of hydrogen-bond acceptors (Lipinski definition) is 10. The van der Waals surface area contributed by atoms with E-state index in [1.807, 2.05) is 0 Å². The van der Waals surface area contributed by atoms with Gasteiger partial charge in [-0.2, -0.15) is 16.8 Å². The van der Waals surface area contributed by atoms with E-state index in [2.05, 4.69) is 4.18 Å². The second-order valence-corrected chi connectivity index (χ2v) is 8.77. The predicted molar refractivity (Wildman–Crippen MR) is 87.0 cm³/mol. The lowest BCUT2D eigenvalue weighted by atomic mass is 10.1. The summed E-state index contributed by atoms with van der Waals surface area (Å²) >= 11 is 0. The molecule has 1 N–H and O–H groups in total. The molecule has 1 fully saturated rings. The van der Waals surface area contributed by atoms with Crippen molar-refractivity contribution in [3.8, 4) is 0 Å². The van der Waals surface area contributed by atoms with Crippen LogP contribution in [0.4, 0.5) is 0 Å². The zero-order valence-electron chi connectivity index (χ0n) is 13.8. The Balaban J connectivity index is 2.28. The van der Waals surface area contributed by atoms with Gasteiger partial charge in [-0.05, 0) is 12.1 Å². The van der Waals surface area contributed by atoms with E-state index in [9.17, 15) is 26.7 Å². The van der Waals surface area contributed by atoms with Crippen molar-refractivity contribution in [3.63, 3.8) is 0 Å². The number of aliphatic hydroxyl groups excluding tert-OH is 1. The number of ether oxygens (including phenoxy) is 2. The third kappa shape index (κ3) is 6.00. The van der Waals surface area contributed by atoms with Gasteiger partial charge in [-0.25, -0.2) is 4.79 Å². The molecule has 4 atom stereocenters. The molecule has 0 amide bonds. The van der Waals surface area contributed by atoms with Crippen LogP contribution in [-0.2, 0) is 38.1 Å². The molecule has 0 bridgehead atoms. The summed E-state index contributed by atoms with van der Waals surface area (Å²) in [7, 11) is -8.21. The van der Waals surface area contributed by atoms with E-state index in [1.165, 1.54) is 12.1 Å². The molecule has 1 saturated heterocycles. The molecular formula is C14H18O10S2. The average Bonchev–Trinajstić information content (AvgIpc) is 2.52. The van der Waals surface area contributed by atoms with Gasteiger partial charge in [0.25, 0.3) is 20.2 Å². The number of carbonyl (C=O) groups is 1. The minimum atomic E-state index is -4.10. The average molecular weight is 410 g/mol. The molecule has 0 saturated carbocycles. The monoisotopic (exact) mass is 410 g/mol. The first-order valence-electron chi connectivity index (χ1n) is 7.28. The topological polar surface area (TPSA) is 143 Å². The van der Waals surface area contributed by atoms with Crippen LogP contribution >= 0.6 is 0 Å². The molecule has 0 spiro atoms. The van der Waals surface area contributed by atoms with Crippen LogP contribution in [0.1, 0.15) is 10.4 Å². The Kier molecular flexibility index (Phi) is 6.37. The van der Waals surface area contributed by atoms with Crippen LogP contribution in [0, 0.1) is 0 Å². The van der Waals surface area contributed by atoms with Crippen LogP contribution in [0.2, 0.25) is 0 Å². The van der Waals surface area contributed by atoms with Crippen molar-refractivity contribution in [1.29, 1.82) is 0 Å². The van der Waals surface area contributed by atoms with Gasteiger partial charge < -0.3 is 14.6 Å². The molecule has 2 rings (SSSR count). The summed E-state index contributed by atoms with van der Waals surface area (Å²) in [6.07, 6.45) is -5.09. The summed E-state index contributed by atoms with van der Waals surface area (Å²) in [5, 5.41) is 9.84. The quantitative estimate of drug-likeness (QED) is 0.470. The highest BCUT2D eigenvalue weighted by atomic mass is 32.2. The normalized spacial score (nSPS) is 27.0. The summed E-state index contributed by atoms with van der Waals surface area (Å²) in [6.45, 7) is -0.427. The van der Waals surface area contributed by atoms with Gasteiger partial charge in [-0.3, -0.25) is 8.37 Å². The Morgan fingerprint density at radius 2 is 1.58 bits per heavy atom. The van der Waals surface area contributed by atoms with Gasteiger partial charge in [-0.15, -0.1) is 0 Å². The maximum absolute atomic E-state index is 12.2.